The molecule has 0 fully saturated rings. The number of hydrogen-bond acceptors (Lipinski definition) is 6. The van der Waals surface area contributed by atoms with Crippen LogP contribution in [0.3, 0.4) is 0 Å². The van der Waals surface area contributed by atoms with E-state index in [1.54, 1.807) is 32.3 Å². The first-order chi connectivity index (χ1) is 16.8. The van der Waals surface area contributed by atoms with Crippen molar-refractivity contribution >= 4 is 29.3 Å². The third-order valence-corrected chi connectivity index (χ3v) is 5.12. The van der Waals surface area contributed by atoms with E-state index < -0.39 is 35.0 Å². The maximum Gasteiger partial charge on any atom is 0.490 e. The second-order valence-electron chi connectivity index (χ2n) is 7.71. The van der Waals surface area contributed by atoms with E-state index in [2.05, 4.69) is 20.0 Å². The molecule has 0 unspecified atom stereocenters. The molecule has 0 radical (unpaired) electrons. The molecule has 192 valence electrons. The van der Waals surface area contributed by atoms with Gasteiger partial charge < -0.3 is 15.0 Å². The molecule has 6 nitrogen and oxygen atoms in total. The number of carbonyl (C=O) groups is 1. The van der Waals surface area contributed by atoms with Gasteiger partial charge >= 0.3 is 18.3 Å². The zero-order valence-corrected chi connectivity index (χ0v) is 19.5. The minimum atomic E-state index is -5.19. The van der Waals surface area contributed by atoms with Crippen molar-refractivity contribution < 1.29 is 35.9 Å². The third kappa shape index (κ3) is 6.78. The second kappa shape index (κ2) is 10.6. The number of aromatic nitrogens is 2. The number of benzene rings is 2. The SMILES string of the molecule is CN(C)c1nc(NC[C@H](OC(=O)C(F)(F)F)c2ccccc2)cc(-c2ccc(C(F)(F)F)c(Cl)c2)n1. The molecule has 13 heteroatoms. The predicted molar refractivity (Wildman–Crippen MR) is 122 cm³/mol. The zero-order chi connectivity index (χ0) is 26.7. The fourth-order valence-corrected chi connectivity index (χ4v) is 3.35. The van der Waals surface area contributed by atoms with Crippen molar-refractivity contribution in [1.29, 1.82) is 0 Å². The molecule has 3 aromatic rings. The summed E-state index contributed by atoms with van der Waals surface area (Å²) in [4.78, 5) is 21.6. The Morgan fingerprint density at radius 2 is 1.69 bits per heavy atom. The summed E-state index contributed by atoms with van der Waals surface area (Å²) < 4.78 is 82.3. The van der Waals surface area contributed by atoms with Crippen molar-refractivity contribution in [3.8, 4) is 11.3 Å². The Kier molecular flexibility index (Phi) is 7.97. The van der Waals surface area contributed by atoms with Gasteiger partial charge in [-0.1, -0.05) is 48.0 Å². The number of nitrogens with zero attached hydrogens (tertiary/aromatic N) is 3. The predicted octanol–water partition coefficient (Wildman–Crippen LogP) is 6.14. The van der Waals surface area contributed by atoms with Gasteiger partial charge in [0.1, 0.15) is 11.9 Å². The smallest absolute Gasteiger partial charge is 0.449 e. The first kappa shape index (κ1) is 27.1. The van der Waals surface area contributed by atoms with Gasteiger partial charge in [0.2, 0.25) is 5.95 Å². The van der Waals surface area contributed by atoms with Crippen molar-refractivity contribution in [2.24, 2.45) is 0 Å². The van der Waals surface area contributed by atoms with Crippen LogP contribution < -0.4 is 10.2 Å². The highest BCUT2D eigenvalue weighted by molar-refractivity contribution is 6.31. The number of carbonyl (C=O) groups excluding carboxylic acids is 1. The van der Waals surface area contributed by atoms with Crippen LogP contribution in [0.4, 0.5) is 38.1 Å². The van der Waals surface area contributed by atoms with Gasteiger partial charge in [-0.25, -0.2) is 9.78 Å². The number of alkyl halides is 6. The van der Waals surface area contributed by atoms with Gasteiger partial charge in [-0.2, -0.15) is 31.3 Å². The lowest BCUT2D eigenvalue weighted by molar-refractivity contribution is -0.204. The van der Waals surface area contributed by atoms with Crippen molar-refractivity contribution in [2.45, 2.75) is 18.5 Å². The zero-order valence-electron chi connectivity index (χ0n) is 18.8. The molecule has 0 amide bonds. The number of esters is 1. The van der Waals surface area contributed by atoms with E-state index in [0.717, 1.165) is 12.1 Å². The van der Waals surface area contributed by atoms with Crippen LogP contribution in [0, 0.1) is 0 Å². The first-order valence-corrected chi connectivity index (χ1v) is 10.6. The molecular formula is C23H19ClF6N4O2. The summed E-state index contributed by atoms with van der Waals surface area (Å²) in [6.45, 7) is -0.289. The fraction of sp³-hybridized carbons (Fsp3) is 0.261. The summed E-state index contributed by atoms with van der Waals surface area (Å²) in [7, 11) is 3.25. The average molecular weight is 533 g/mol. The number of anilines is 2. The number of rotatable bonds is 7. The average Bonchev–Trinajstić information content (AvgIpc) is 2.80. The molecule has 0 saturated heterocycles. The standard InChI is InChI=1S/C23H19ClF6N4O2/c1-34(2)21-32-17(14-8-9-15(16(24)10-14)22(25,26)27)11-19(33-21)31-12-18(13-6-4-3-5-7-13)36-20(35)23(28,29)30/h3-11,18H,12H2,1-2H3,(H,31,32,33)/t18-/m0/s1. The number of halogens is 7. The molecule has 2 aromatic carbocycles. The minimum absolute atomic E-state index is 0.128. The molecule has 0 aliphatic heterocycles. The van der Waals surface area contributed by atoms with Crippen LogP contribution in [0.2, 0.25) is 5.02 Å². The summed E-state index contributed by atoms with van der Waals surface area (Å²) >= 11 is 5.83. The lowest BCUT2D eigenvalue weighted by atomic mass is 10.1. The number of nitrogens with one attached hydrogen (secondary N) is 1. The van der Waals surface area contributed by atoms with E-state index in [4.69, 9.17) is 11.6 Å². The number of hydrogen-bond donors (Lipinski definition) is 1. The quantitative estimate of drug-likeness (QED) is 0.291. The van der Waals surface area contributed by atoms with Gasteiger partial charge in [0.15, 0.2) is 0 Å². The summed E-state index contributed by atoms with van der Waals surface area (Å²) in [6, 6.07) is 12.3. The van der Waals surface area contributed by atoms with Crippen molar-refractivity contribution in [1.82, 2.24) is 9.97 Å². The third-order valence-electron chi connectivity index (χ3n) is 4.81. The largest absolute Gasteiger partial charge is 0.490 e. The molecule has 0 aliphatic carbocycles. The molecular weight excluding hydrogens is 514 g/mol. The van der Waals surface area contributed by atoms with E-state index in [9.17, 15) is 31.1 Å². The Morgan fingerprint density at radius 3 is 2.25 bits per heavy atom. The van der Waals surface area contributed by atoms with Crippen LogP contribution in [-0.4, -0.2) is 42.8 Å². The molecule has 3 rings (SSSR count). The number of ether oxygens (including phenoxy) is 1. The van der Waals surface area contributed by atoms with Gasteiger partial charge in [0.05, 0.1) is 22.8 Å². The van der Waals surface area contributed by atoms with Crippen molar-refractivity contribution in [3.63, 3.8) is 0 Å². The molecule has 1 atom stereocenters. The van der Waals surface area contributed by atoms with Crippen molar-refractivity contribution in [2.75, 3.05) is 30.9 Å². The van der Waals surface area contributed by atoms with Crippen LogP contribution in [0.25, 0.3) is 11.3 Å². The monoisotopic (exact) mass is 532 g/mol. The molecule has 1 aromatic heterocycles. The maximum atomic E-state index is 13.1. The first-order valence-electron chi connectivity index (χ1n) is 10.3. The van der Waals surface area contributed by atoms with Gasteiger partial charge in [0.25, 0.3) is 0 Å². The van der Waals surface area contributed by atoms with Crippen molar-refractivity contribution in [3.05, 3.63) is 70.7 Å². The Hall–Kier alpha value is -3.54. The van der Waals surface area contributed by atoms with E-state index in [-0.39, 0.29) is 29.6 Å². The summed E-state index contributed by atoms with van der Waals surface area (Å²) in [5.74, 6) is -2.06. The lowest BCUT2D eigenvalue weighted by Gasteiger charge is -2.21. The summed E-state index contributed by atoms with van der Waals surface area (Å²) in [5, 5.41) is 2.30. The maximum absolute atomic E-state index is 13.1. The van der Waals surface area contributed by atoms with Crippen LogP contribution >= 0.6 is 11.6 Å². The summed E-state index contributed by atoms with van der Waals surface area (Å²) in [6.07, 6.45) is -11.1. The van der Waals surface area contributed by atoms with E-state index >= 15 is 0 Å². The Labute approximate surface area is 206 Å². The molecule has 0 spiro atoms. The highest BCUT2D eigenvalue weighted by atomic mass is 35.5. The molecule has 1 heterocycles. The lowest BCUT2D eigenvalue weighted by Crippen LogP contribution is -2.29. The van der Waals surface area contributed by atoms with Gasteiger partial charge in [0, 0.05) is 25.7 Å². The summed E-state index contributed by atoms with van der Waals surface area (Å²) in [5.41, 5.74) is -0.246. The molecule has 36 heavy (non-hydrogen) atoms. The van der Waals surface area contributed by atoms with Crippen LogP contribution in [0.1, 0.15) is 17.2 Å². The van der Waals surface area contributed by atoms with E-state index in [1.807, 2.05) is 0 Å². The Balaban J connectivity index is 1.92. The van der Waals surface area contributed by atoms with Crippen LogP contribution in [0.15, 0.2) is 54.6 Å². The topological polar surface area (TPSA) is 67.3 Å². The molecule has 0 bridgehead atoms. The second-order valence-corrected chi connectivity index (χ2v) is 8.12. The van der Waals surface area contributed by atoms with E-state index in [0.29, 0.717) is 5.56 Å². The van der Waals surface area contributed by atoms with Gasteiger partial charge in [-0.05, 0) is 17.7 Å². The minimum Gasteiger partial charge on any atom is -0.449 e. The Morgan fingerprint density at radius 1 is 1.03 bits per heavy atom. The molecule has 0 saturated carbocycles. The highest BCUT2D eigenvalue weighted by Gasteiger charge is 2.42. The molecule has 1 N–H and O–H groups in total. The Bertz CT molecular complexity index is 1220. The van der Waals surface area contributed by atoms with Gasteiger partial charge in [-0.15, -0.1) is 0 Å². The van der Waals surface area contributed by atoms with E-state index in [1.165, 1.54) is 29.2 Å². The normalized spacial score (nSPS) is 12.7. The van der Waals surface area contributed by atoms with Crippen LogP contribution in [-0.2, 0) is 15.7 Å². The highest BCUT2D eigenvalue weighted by Crippen LogP contribution is 2.37. The fourth-order valence-electron chi connectivity index (χ4n) is 3.07. The van der Waals surface area contributed by atoms with Gasteiger partial charge in [-0.3, -0.25) is 0 Å². The molecule has 0 aliphatic rings. The van der Waals surface area contributed by atoms with Crippen LogP contribution in [0.5, 0.6) is 0 Å².